The van der Waals surface area contributed by atoms with Crippen molar-refractivity contribution < 1.29 is 14.3 Å². The van der Waals surface area contributed by atoms with E-state index in [4.69, 9.17) is 4.74 Å². The molecule has 4 nitrogen and oxygen atoms in total. The minimum Gasteiger partial charge on any atom is -0.469 e. The van der Waals surface area contributed by atoms with Crippen LogP contribution >= 0.6 is 22.6 Å². The van der Waals surface area contributed by atoms with E-state index in [9.17, 15) is 9.59 Å². The van der Waals surface area contributed by atoms with Crippen molar-refractivity contribution in [1.82, 2.24) is 4.90 Å². The van der Waals surface area contributed by atoms with Crippen LogP contribution in [0.3, 0.4) is 0 Å². The molecule has 0 radical (unpaired) electrons. The van der Waals surface area contributed by atoms with Gasteiger partial charge in [-0.3, -0.25) is 9.59 Å². The molecular formula is C14H16INO3. The van der Waals surface area contributed by atoms with Gasteiger partial charge in [-0.25, -0.2) is 0 Å². The lowest BCUT2D eigenvalue weighted by Crippen LogP contribution is -2.30. The Kier molecular flexibility index (Phi) is 4.44. The number of halogens is 1. The topological polar surface area (TPSA) is 46.6 Å². The molecule has 2 unspecified atom stereocenters. The Bertz CT molecular complexity index is 503. The molecule has 1 aliphatic rings. The molecular weight excluding hydrogens is 357 g/mol. The van der Waals surface area contributed by atoms with Crippen LogP contribution in [0.5, 0.6) is 0 Å². The van der Waals surface area contributed by atoms with Crippen LogP contribution in [0.2, 0.25) is 0 Å². The number of hydrogen-bond acceptors (Lipinski definition) is 3. The van der Waals surface area contributed by atoms with Crippen LogP contribution in [0.4, 0.5) is 0 Å². The third-order valence-corrected chi connectivity index (χ3v) is 4.45. The summed E-state index contributed by atoms with van der Waals surface area (Å²) in [7, 11) is 1.39. The van der Waals surface area contributed by atoms with Crippen molar-refractivity contribution in [3.63, 3.8) is 0 Å². The van der Waals surface area contributed by atoms with Gasteiger partial charge in [-0.05, 0) is 40.6 Å². The summed E-state index contributed by atoms with van der Waals surface area (Å²) in [4.78, 5) is 25.8. The predicted octanol–water partition coefficient (Wildman–Crippen LogP) is 2.17. The monoisotopic (exact) mass is 373 g/mol. The summed E-state index contributed by atoms with van der Waals surface area (Å²) in [5.74, 6) is -0.318. The zero-order valence-electron chi connectivity index (χ0n) is 10.9. The highest BCUT2D eigenvalue weighted by Gasteiger charge is 2.38. The number of hydrogen-bond donors (Lipinski definition) is 0. The zero-order valence-corrected chi connectivity index (χ0v) is 13.1. The van der Waals surface area contributed by atoms with E-state index in [2.05, 4.69) is 22.6 Å². The SMILES string of the molecule is COC(=O)C1CN(C(=O)c2ccccc2I)CC1C. The number of esters is 1. The second-order valence-corrected chi connectivity index (χ2v) is 5.96. The van der Waals surface area contributed by atoms with E-state index in [1.807, 2.05) is 31.2 Å². The zero-order chi connectivity index (χ0) is 14.0. The maximum absolute atomic E-state index is 12.4. The van der Waals surface area contributed by atoms with Gasteiger partial charge in [0.05, 0.1) is 18.6 Å². The average Bonchev–Trinajstić information content (AvgIpc) is 2.80. The number of methoxy groups -OCH3 is 1. The Morgan fingerprint density at radius 2 is 2.00 bits per heavy atom. The number of ether oxygens (including phenoxy) is 1. The molecule has 1 aliphatic heterocycles. The lowest BCUT2D eigenvalue weighted by molar-refractivity contribution is -0.146. The van der Waals surface area contributed by atoms with Gasteiger partial charge in [0, 0.05) is 16.7 Å². The van der Waals surface area contributed by atoms with Crippen LogP contribution < -0.4 is 0 Å². The Hall–Kier alpha value is -1.11. The van der Waals surface area contributed by atoms with Crippen molar-refractivity contribution in [3.05, 3.63) is 33.4 Å². The van der Waals surface area contributed by atoms with Gasteiger partial charge in [0.1, 0.15) is 0 Å². The first kappa shape index (κ1) is 14.3. The molecule has 19 heavy (non-hydrogen) atoms. The molecule has 1 fully saturated rings. The fourth-order valence-electron chi connectivity index (χ4n) is 2.40. The summed E-state index contributed by atoms with van der Waals surface area (Å²) in [6, 6.07) is 7.49. The van der Waals surface area contributed by atoms with Crippen LogP contribution in [0.15, 0.2) is 24.3 Å². The van der Waals surface area contributed by atoms with Gasteiger partial charge in [0.25, 0.3) is 5.91 Å². The molecule has 1 aromatic carbocycles. The minimum absolute atomic E-state index is 0.0109. The summed E-state index contributed by atoms with van der Waals surface area (Å²) >= 11 is 2.15. The first-order valence-corrected chi connectivity index (χ1v) is 7.24. The van der Waals surface area contributed by atoms with Crippen molar-refractivity contribution in [1.29, 1.82) is 0 Å². The van der Waals surface area contributed by atoms with Crippen molar-refractivity contribution >= 4 is 34.5 Å². The van der Waals surface area contributed by atoms with E-state index in [0.717, 1.165) is 3.57 Å². The highest BCUT2D eigenvalue weighted by atomic mass is 127. The van der Waals surface area contributed by atoms with Gasteiger partial charge >= 0.3 is 5.97 Å². The summed E-state index contributed by atoms with van der Waals surface area (Å²) in [6.45, 7) is 3.02. The number of carbonyl (C=O) groups is 2. The number of carbonyl (C=O) groups excluding carboxylic acids is 2. The quantitative estimate of drug-likeness (QED) is 0.590. The molecule has 2 atom stereocenters. The largest absolute Gasteiger partial charge is 0.469 e. The molecule has 5 heteroatoms. The molecule has 0 aromatic heterocycles. The van der Waals surface area contributed by atoms with Gasteiger partial charge in [-0.15, -0.1) is 0 Å². The fourth-order valence-corrected chi connectivity index (χ4v) is 3.01. The highest BCUT2D eigenvalue weighted by molar-refractivity contribution is 14.1. The van der Waals surface area contributed by atoms with Gasteiger partial charge in [-0.2, -0.15) is 0 Å². The number of nitrogens with zero attached hydrogens (tertiary/aromatic N) is 1. The van der Waals surface area contributed by atoms with Crippen molar-refractivity contribution in [2.24, 2.45) is 11.8 Å². The van der Waals surface area contributed by atoms with Crippen LogP contribution in [-0.4, -0.2) is 37.0 Å². The molecule has 0 N–H and O–H groups in total. The third kappa shape index (κ3) is 2.91. The van der Waals surface area contributed by atoms with E-state index in [1.165, 1.54) is 7.11 Å². The van der Waals surface area contributed by atoms with E-state index in [1.54, 1.807) is 4.90 Å². The number of likely N-dealkylation sites (tertiary alicyclic amines) is 1. The van der Waals surface area contributed by atoms with E-state index < -0.39 is 0 Å². The van der Waals surface area contributed by atoms with E-state index in [-0.39, 0.29) is 23.7 Å². The minimum atomic E-state index is -0.231. The third-order valence-electron chi connectivity index (χ3n) is 3.51. The fraction of sp³-hybridized carbons (Fsp3) is 0.429. The van der Waals surface area contributed by atoms with Gasteiger partial charge in [0.15, 0.2) is 0 Å². The molecule has 2 rings (SSSR count). The normalized spacial score (nSPS) is 22.4. The lowest BCUT2D eigenvalue weighted by Gasteiger charge is -2.16. The van der Waals surface area contributed by atoms with Crippen molar-refractivity contribution in [2.75, 3.05) is 20.2 Å². The molecule has 0 saturated carbocycles. The highest BCUT2D eigenvalue weighted by Crippen LogP contribution is 2.26. The van der Waals surface area contributed by atoms with Crippen LogP contribution in [-0.2, 0) is 9.53 Å². The first-order chi connectivity index (χ1) is 9.04. The van der Waals surface area contributed by atoms with Gasteiger partial charge in [-0.1, -0.05) is 19.1 Å². The van der Waals surface area contributed by atoms with Crippen LogP contribution in [0.25, 0.3) is 0 Å². The number of rotatable bonds is 2. The standard InChI is InChI=1S/C14H16INO3/c1-9-7-16(8-11(9)14(18)19-2)13(17)10-5-3-4-6-12(10)15/h3-6,9,11H,7-8H2,1-2H3. The Balaban J connectivity index is 2.15. The molecule has 1 saturated heterocycles. The van der Waals surface area contributed by atoms with Crippen molar-refractivity contribution in [2.45, 2.75) is 6.92 Å². The maximum Gasteiger partial charge on any atom is 0.310 e. The molecule has 0 bridgehead atoms. The molecule has 1 amide bonds. The van der Waals surface area contributed by atoms with Crippen LogP contribution in [0.1, 0.15) is 17.3 Å². The predicted molar refractivity (Wildman–Crippen MR) is 79.7 cm³/mol. The van der Waals surface area contributed by atoms with Crippen LogP contribution in [0, 0.1) is 15.4 Å². The maximum atomic E-state index is 12.4. The van der Waals surface area contributed by atoms with E-state index >= 15 is 0 Å². The second kappa shape index (κ2) is 5.90. The van der Waals surface area contributed by atoms with E-state index in [0.29, 0.717) is 18.7 Å². The summed E-state index contributed by atoms with van der Waals surface area (Å²) in [5.41, 5.74) is 0.695. The molecule has 1 aromatic rings. The average molecular weight is 373 g/mol. The van der Waals surface area contributed by atoms with Gasteiger partial charge < -0.3 is 9.64 Å². The summed E-state index contributed by atoms with van der Waals surface area (Å²) in [5, 5.41) is 0. The smallest absolute Gasteiger partial charge is 0.310 e. The molecule has 102 valence electrons. The second-order valence-electron chi connectivity index (χ2n) is 4.80. The van der Waals surface area contributed by atoms with Crippen molar-refractivity contribution in [3.8, 4) is 0 Å². The molecule has 0 aliphatic carbocycles. The van der Waals surface area contributed by atoms with Gasteiger partial charge in [0.2, 0.25) is 0 Å². The Morgan fingerprint density at radius 1 is 1.32 bits per heavy atom. The summed E-state index contributed by atoms with van der Waals surface area (Å²) < 4.78 is 5.71. The number of amides is 1. The Morgan fingerprint density at radius 3 is 2.63 bits per heavy atom. The summed E-state index contributed by atoms with van der Waals surface area (Å²) in [6.07, 6.45) is 0. The molecule has 0 spiro atoms. The Labute approximate surface area is 126 Å². The lowest BCUT2D eigenvalue weighted by atomic mass is 9.99. The molecule has 1 heterocycles. The number of benzene rings is 1. The first-order valence-electron chi connectivity index (χ1n) is 6.16.